The van der Waals surface area contributed by atoms with Crippen molar-refractivity contribution in [3.8, 4) is 11.5 Å². The molecule has 0 amide bonds. The molecular formula is C27H35FO5. The van der Waals surface area contributed by atoms with Crippen molar-refractivity contribution in [1.29, 1.82) is 0 Å². The Balaban J connectivity index is 0.000000942. The number of hydrogen-bond donors (Lipinski definition) is 1. The van der Waals surface area contributed by atoms with Gasteiger partial charge in [0.15, 0.2) is 0 Å². The maximum Gasteiger partial charge on any atom is 0.305 e. The van der Waals surface area contributed by atoms with E-state index in [4.69, 9.17) is 9.47 Å². The minimum Gasteiger partial charge on any atom is -0.497 e. The van der Waals surface area contributed by atoms with Gasteiger partial charge in [-0.1, -0.05) is 31.4 Å². The van der Waals surface area contributed by atoms with Crippen LogP contribution in [0.2, 0.25) is 0 Å². The fourth-order valence-corrected chi connectivity index (χ4v) is 3.93. The van der Waals surface area contributed by atoms with Crippen molar-refractivity contribution in [2.75, 3.05) is 20.8 Å². The molecule has 2 aromatic carbocycles. The summed E-state index contributed by atoms with van der Waals surface area (Å²) in [5, 5.41) is 11.0. The first kappa shape index (κ1) is 25.0. The van der Waals surface area contributed by atoms with E-state index in [1.807, 2.05) is 24.3 Å². The third kappa shape index (κ3) is 7.74. The molecule has 2 fully saturated rings. The van der Waals surface area contributed by atoms with E-state index in [-0.39, 0.29) is 11.9 Å². The Hall–Kier alpha value is -2.60. The largest absolute Gasteiger partial charge is 0.497 e. The van der Waals surface area contributed by atoms with Gasteiger partial charge in [0.25, 0.3) is 0 Å². The molecule has 5 nitrogen and oxygen atoms in total. The van der Waals surface area contributed by atoms with Crippen molar-refractivity contribution in [3.05, 3.63) is 59.4 Å². The summed E-state index contributed by atoms with van der Waals surface area (Å²) in [5.41, 5.74) is 0.145. The number of aliphatic hydroxyl groups is 1. The second-order valence-corrected chi connectivity index (χ2v) is 8.92. The zero-order chi connectivity index (χ0) is 23.7. The Labute approximate surface area is 195 Å². The van der Waals surface area contributed by atoms with Gasteiger partial charge in [-0.15, -0.1) is 0 Å². The number of hydrogen-bond acceptors (Lipinski definition) is 5. The van der Waals surface area contributed by atoms with Gasteiger partial charge in [-0.25, -0.2) is 4.39 Å². The number of esters is 1. The number of methoxy groups -OCH3 is 2. The second kappa shape index (κ2) is 12.0. The predicted octanol–water partition coefficient (Wildman–Crippen LogP) is 5.57. The Morgan fingerprint density at radius 1 is 1.06 bits per heavy atom. The molecular weight excluding hydrogens is 423 g/mol. The van der Waals surface area contributed by atoms with Crippen molar-refractivity contribution in [2.24, 2.45) is 5.92 Å². The normalized spacial score (nSPS) is 21.4. The third-order valence-corrected chi connectivity index (χ3v) is 6.19. The van der Waals surface area contributed by atoms with Crippen LogP contribution in [0, 0.1) is 11.7 Å². The first-order valence-corrected chi connectivity index (χ1v) is 11.8. The van der Waals surface area contributed by atoms with Crippen LogP contribution in [0.15, 0.2) is 42.5 Å². The van der Waals surface area contributed by atoms with Crippen molar-refractivity contribution >= 4 is 5.97 Å². The summed E-state index contributed by atoms with van der Waals surface area (Å²) in [5.74, 6) is 0.951. The highest BCUT2D eigenvalue weighted by Crippen LogP contribution is 2.41. The summed E-state index contributed by atoms with van der Waals surface area (Å²) in [7, 11) is 2.91. The zero-order valence-corrected chi connectivity index (χ0v) is 19.6. The molecule has 180 valence electrons. The van der Waals surface area contributed by atoms with E-state index in [2.05, 4.69) is 4.74 Å². The maximum atomic E-state index is 14.3. The summed E-state index contributed by atoms with van der Waals surface area (Å²) < 4.78 is 30.1. The number of aryl methyl sites for hydroxylation is 1. The SMILES string of the molecule is C1CC1.COC(=O)CCc1cccc(OCC2CCC(O)(c3cc(OC)ccc3F)CC2)c1. The van der Waals surface area contributed by atoms with Gasteiger partial charge in [-0.2, -0.15) is 0 Å². The van der Waals surface area contributed by atoms with E-state index in [1.165, 1.54) is 39.5 Å². The average Bonchev–Trinajstić information content (AvgIpc) is 3.72. The fraction of sp³-hybridized carbons (Fsp3) is 0.519. The van der Waals surface area contributed by atoms with E-state index in [0.29, 0.717) is 43.6 Å². The molecule has 2 aromatic rings. The van der Waals surface area contributed by atoms with E-state index in [0.717, 1.165) is 24.2 Å². The Bertz CT molecular complexity index is 900. The molecule has 0 aromatic heterocycles. The van der Waals surface area contributed by atoms with E-state index < -0.39 is 11.4 Å². The van der Waals surface area contributed by atoms with Crippen LogP contribution >= 0.6 is 0 Å². The molecule has 4 rings (SSSR count). The molecule has 0 radical (unpaired) electrons. The first-order valence-electron chi connectivity index (χ1n) is 11.8. The number of ether oxygens (including phenoxy) is 3. The number of halogens is 1. The minimum absolute atomic E-state index is 0.233. The quantitative estimate of drug-likeness (QED) is 0.524. The van der Waals surface area contributed by atoms with Crippen LogP contribution in [-0.2, 0) is 21.6 Å². The highest BCUT2D eigenvalue weighted by atomic mass is 19.1. The summed E-state index contributed by atoms with van der Waals surface area (Å²) >= 11 is 0. The molecule has 0 bridgehead atoms. The monoisotopic (exact) mass is 458 g/mol. The topological polar surface area (TPSA) is 65.0 Å². The van der Waals surface area contributed by atoms with Crippen LogP contribution in [0.4, 0.5) is 4.39 Å². The molecule has 2 aliphatic rings. The lowest BCUT2D eigenvalue weighted by Crippen LogP contribution is -2.34. The Kier molecular flexibility index (Phi) is 9.12. The highest BCUT2D eigenvalue weighted by Gasteiger charge is 2.37. The number of benzene rings is 2. The fourth-order valence-electron chi connectivity index (χ4n) is 3.93. The van der Waals surface area contributed by atoms with E-state index >= 15 is 0 Å². The molecule has 1 N–H and O–H groups in total. The van der Waals surface area contributed by atoms with Crippen molar-refractivity contribution in [2.45, 2.75) is 63.4 Å². The van der Waals surface area contributed by atoms with Gasteiger partial charge < -0.3 is 19.3 Å². The zero-order valence-electron chi connectivity index (χ0n) is 19.6. The summed E-state index contributed by atoms with van der Waals surface area (Å²) in [6, 6.07) is 12.2. The Morgan fingerprint density at radius 3 is 2.42 bits per heavy atom. The lowest BCUT2D eigenvalue weighted by atomic mass is 9.75. The average molecular weight is 459 g/mol. The summed E-state index contributed by atoms with van der Waals surface area (Å²) in [6.45, 7) is 0.539. The van der Waals surface area contributed by atoms with Crippen LogP contribution in [0.1, 0.15) is 62.5 Å². The Morgan fingerprint density at radius 2 is 1.79 bits per heavy atom. The molecule has 0 unspecified atom stereocenters. The van der Waals surface area contributed by atoms with Crippen LogP contribution in [0.25, 0.3) is 0 Å². The maximum absolute atomic E-state index is 14.3. The molecule has 0 spiro atoms. The lowest BCUT2D eigenvalue weighted by Gasteiger charge is -2.36. The van der Waals surface area contributed by atoms with Crippen molar-refractivity contribution in [1.82, 2.24) is 0 Å². The number of rotatable bonds is 8. The molecule has 0 heterocycles. The second-order valence-electron chi connectivity index (χ2n) is 8.92. The van der Waals surface area contributed by atoms with Crippen molar-refractivity contribution < 1.29 is 28.5 Å². The molecule has 33 heavy (non-hydrogen) atoms. The molecule has 2 saturated carbocycles. The summed E-state index contributed by atoms with van der Waals surface area (Å²) in [4.78, 5) is 11.3. The van der Waals surface area contributed by atoms with Gasteiger partial charge in [0, 0.05) is 12.0 Å². The molecule has 0 atom stereocenters. The van der Waals surface area contributed by atoms with Gasteiger partial charge in [0.1, 0.15) is 17.3 Å². The number of carbonyl (C=O) groups is 1. The van der Waals surface area contributed by atoms with Crippen LogP contribution in [-0.4, -0.2) is 31.9 Å². The lowest BCUT2D eigenvalue weighted by molar-refractivity contribution is -0.140. The number of carbonyl (C=O) groups excluding carboxylic acids is 1. The standard InChI is InChI=1S/C24H29FO5.C3H6/c1-28-19-7-8-22(25)21(15-19)24(27)12-10-18(11-13-24)16-30-20-5-3-4-17(14-20)6-9-23(26)29-2;1-2-3-1/h3-5,7-8,14-15,18,27H,6,9-13,16H2,1-2H3;1-3H2. The third-order valence-electron chi connectivity index (χ3n) is 6.19. The van der Waals surface area contributed by atoms with E-state index in [1.54, 1.807) is 12.1 Å². The van der Waals surface area contributed by atoms with Gasteiger partial charge >= 0.3 is 5.97 Å². The van der Waals surface area contributed by atoms with Gasteiger partial charge in [-0.3, -0.25) is 4.79 Å². The summed E-state index contributed by atoms with van der Waals surface area (Å²) in [6.07, 6.45) is 7.88. The minimum atomic E-state index is -1.18. The van der Waals surface area contributed by atoms with Gasteiger partial charge in [0.2, 0.25) is 0 Å². The molecule has 0 aliphatic heterocycles. The predicted molar refractivity (Wildman–Crippen MR) is 125 cm³/mol. The smallest absolute Gasteiger partial charge is 0.305 e. The molecule has 2 aliphatic carbocycles. The molecule has 0 saturated heterocycles. The van der Waals surface area contributed by atoms with Crippen LogP contribution in [0.5, 0.6) is 11.5 Å². The van der Waals surface area contributed by atoms with E-state index in [9.17, 15) is 14.3 Å². The van der Waals surface area contributed by atoms with Gasteiger partial charge in [0.05, 0.1) is 26.4 Å². The van der Waals surface area contributed by atoms with Crippen LogP contribution < -0.4 is 9.47 Å². The molecule has 6 heteroatoms. The van der Waals surface area contributed by atoms with Gasteiger partial charge in [-0.05, 0) is 73.9 Å². The van der Waals surface area contributed by atoms with Crippen molar-refractivity contribution in [3.63, 3.8) is 0 Å². The highest BCUT2D eigenvalue weighted by molar-refractivity contribution is 5.69. The van der Waals surface area contributed by atoms with Crippen LogP contribution in [0.3, 0.4) is 0 Å². The first-order chi connectivity index (χ1) is 15.9.